The Morgan fingerprint density at radius 3 is 2.36 bits per heavy atom. The molecule has 0 fully saturated rings. The van der Waals surface area contributed by atoms with Crippen molar-refractivity contribution in [3.8, 4) is 5.88 Å². The summed E-state index contributed by atoms with van der Waals surface area (Å²) < 4.78 is 5.44. The van der Waals surface area contributed by atoms with E-state index in [1.165, 1.54) is 0 Å². The van der Waals surface area contributed by atoms with Gasteiger partial charge in [-0.15, -0.1) is 0 Å². The summed E-state index contributed by atoms with van der Waals surface area (Å²) in [6.07, 6.45) is 0. The van der Waals surface area contributed by atoms with Crippen molar-refractivity contribution in [3.05, 3.63) is 66.0 Å². The van der Waals surface area contributed by atoms with E-state index in [0.717, 1.165) is 16.9 Å². The zero-order valence-electron chi connectivity index (χ0n) is 16.1. The molecule has 1 aromatic heterocycles. The number of urea groups is 1. The molecule has 3 aromatic rings. The number of ether oxygens (including phenoxy) is 1. The summed E-state index contributed by atoms with van der Waals surface area (Å²) >= 11 is 0. The second kappa shape index (κ2) is 8.85. The average molecular weight is 377 g/mol. The van der Waals surface area contributed by atoms with E-state index in [0.29, 0.717) is 29.8 Å². The van der Waals surface area contributed by atoms with Gasteiger partial charge < -0.3 is 20.7 Å². The van der Waals surface area contributed by atoms with Crippen molar-refractivity contribution in [2.75, 3.05) is 22.6 Å². The first-order valence-electron chi connectivity index (χ1n) is 9.02. The molecule has 2 aromatic carbocycles. The van der Waals surface area contributed by atoms with E-state index in [1.54, 1.807) is 6.07 Å². The van der Waals surface area contributed by atoms with Crippen LogP contribution in [0.3, 0.4) is 0 Å². The molecular weight excluding hydrogens is 354 g/mol. The number of anilines is 4. The Kier molecular flexibility index (Phi) is 6.06. The van der Waals surface area contributed by atoms with Crippen LogP contribution in [0.25, 0.3) is 0 Å². The third-order valence-electron chi connectivity index (χ3n) is 3.80. The van der Waals surface area contributed by atoms with E-state index in [9.17, 15) is 4.79 Å². The van der Waals surface area contributed by atoms with Crippen LogP contribution in [0, 0.1) is 13.8 Å². The van der Waals surface area contributed by atoms with Crippen molar-refractivity contribution in [2.45, 2.75) is 20.8 Å². The third-order valence-corrected chi connectivity index (χ3v) is 3.80. The maximum atomic E-state index is 12.1. The maximum Gasteiger partial charge on any atom is 0.323 e. The van der Waals surface area contributed by atoms with Crippen LogP contribution in [-0.2, 0) is 0 Å². The second-order valence-electron chi connectivity index (χ2n) is 6.22. The van der Waals surface area contributed by atoms with Crippen LogP contribution in [0.15, 0.2) is 54.6 Å². The van der Waals surface area contributed by atoms with Gasteiger partial charge in [0.25, 0.3) is 0 Å². The first kappa shape index (κ1) is 19.2. The minimum absolute atomic E-state index is 0.293. The number of amides is 2. The molecule has 144 valence electrons. The number of benzene rings is 2. The number of hydrogen-bond donors (Lipinski definition) is 3. The lowest BCUT2D eigenvalue weighted by molar-refractivity contribution is 0.262. The Hall–Kier alpha value is -3.61. The van der Waals surface area contributed by atoms with Gasteiger partial charge in [0, 0.05) is 23.1 Å². The zero-order valence-corrected chi connectivity index (χ0v) is 16.1. The molecule has 0 aliphatic heterocycles. The average Bonchev–Trinajstić information content (AvgIpc) is 2.63. The Morgan fingerprint density at radius 1 is 0.929 bits per heavy atom. The summed E-state index contributed by atoms with van der Waals surface area (Å²) in [4.78, 5) is 20.7. The number of carbonyl (C=O) groups excluding carboxylic acids is 1. The molecule has 28 heavy (non-hydrogen) atoms. The summed E-state index contributed by atoms with van der Waals surface area (Å²) in [5.41, 5.74) is 3.36. The largest absolute Gasteiger partial charge is 0.478 e. The quantitative estimate of drug-likeness (QED) is 0.570. The highest BCUT2D eigenvalue weighted by molar-refractivity contribution is 5.99. The first-order chi connectivity index (χ1) is 13.5. The van der Waals surface area contributed by atoms with Gasteiger partial charge in [-0.1, -0.05) is 12.1 Å². The Morgan fingerprint density at radius 2 is 1.64 bits per heavy atom. The van der Waals surface area contributed by atoms with Crippen LogP contribution >= 0.6 is 0 Å². The fourth-order valence-corrected chi connectivity index (χ4v) is 2.63. The van der Waals surface area contributed by atoms with Crippen molar-refractivity contribution in [1.82, 2.24) is 9.97 Å². The Balaban J connectivity index is 1.61. The minimum Gasteiger partial charge on any atom is -0.478 e. The van der Waals surface area contributed by atoms with Crippen LogP contribution in [0.4, 0.5) is 27.7 Å². The van der Waals surface area contributed by atoms with E-state index in [1.807, 2.05) is 69.3 Å². The highest BCUT2D eigenvalue weighted by Gasteiger charge is 2.05. The summed E-state index contributed by atoms with van der Waals surface area (Å²) in [7, 11) is 0. The Bertz CT molecular complexity index is 957. The van der Waals surface area contributed by atoms with Crippen LogP contribution in [0.5, 0.6) is 5.88 Å². The van der Waals surface area contributed by atoms with Gasteiger partial charge in [0.2, 0.25) is 5.88 Å². The maximum absolute atomic E-state index is 12.1. The van der Waals surface area contributed by atoms with Gasteiger partial charge in [-0.3, -0.25) is 0 Å². The number of nitrogens with one attached hydrogen (secondary N) is 3. The van der Waals surface area contributed by atoms with Crippen LogP contribution in [-0.4, -0.2) is 22.6 Å². The molecular formula is C21H23N5O2. The number of aromatic nitrogens is 2. The van der Waals surface area contributed by atoms with Gasteiger partial charge in [-0.2, -0.15) is 4.98 Å². The lowest BCUT2D eigenvalue weighted by Gasteiger charge is -2.11. The minimum atomic E-state index is -0.293. The predicted octanol–water partition coefficient (Wildman–Crippen LogP) is 4.88. The van der Waals surface area contributed by atoms with Gasteiger partial charge in [-0.25, -0.2) is 9.78 Å². The molecule has 2 amide bonds. The molecule has 0 aliphatic carbocycles. The lowest BCUT2D eigenvalue weighted by Crippen LogP contribution is -2.19. The lowest BCUT2D eigenvalue weighted by atomic mass is 10.2. The zero-order chi connectivity index (χ0) is 19.9. The van der Waals surface area contributed by atoms with E-state index in [4.69, 9.17) is 4.74 Å². The highest BCUT2D eigenvalue weighted by Crippen LogP contribution is 2.20. The number of hydrogen-bond acceptors (Lipinski definition) is 5. The second-order valence-corrected chi connectivity index (χ2v) is 6.22. The standard InChI is InChI=1S/C21H23N5O2/c1-4-28-20-13-19(22-15(3)23-20)24-16-8-10-17(11-9-16)25-21(27)26-18-7-5-6-14(2)12-18/h5-13H,4H2,1-3H3,(H,22,23,24)(H2,25,26,27). The normalized spacial score (nSPS) is 10.2. The van der Waals surface area contributed by atoms with Crippen molar-refractivity contribution in [3.63, 3.8) is 0 Å². The monoisotopic (exact) mass is 377 g/mol. The summed E-state index contributed by atoms with van der Waals surface area (Å²) in [5, 5.41) is 8.84. The molecule has 7 heteroatoms. The molecule has 0 radical (unpaired) electrons. The van der Waals surface area contributed by atoms with Crippen molar-refractivity contribution < 1.29 is 9.53 Å². The number of rotatable bonds is 6. The van der Waals surface area contributed by atoms with E-state index in [-0.39, 0.29) is 6.03 Å². The van der Waals surface area contributed by atoms with Gasteiger partial charge in [0.05, 0.1) is 6.61 Å². The first-order valence-corrected chi connectivity index (χ1v) is 9.02. The van der Waals surface area contributed by atoms with Crippen molar-refractivity contribution >= 4 is 28.9 Å². The molecule has 3 rings (SSSR count). The number of nitrogens with zero attached hydrogens (tertiary/aromatic N) is 2. The van der Waals surface area contributed by atoms with E-state index >= 15 is 0 Å². The third kappa shape index (κ3) is 5.44. The van der Waals surface area contributed by atoms with Gasteiger partial charge in [0.1, 0.15) is 11.6 Å². The fourth-order valence-electron chi connectivity index (χ4n) is 2.63. The topological polar surface area (TPSA) is 88.2 Å². The van der Waals surface area contributed by atoms with Crippen LogP contribution in [0.1, 0.15) is 18.3 Å². The molecule has 0 unspecified atom stereocenters. The molecule has 3 N–H and O–H groups in total. The number of aryl methyl sites for hydroxylation is 2. The molecule has 0 aliphatic rings. The van der Waals surface area contributed by atoms with Crippen LogP contribution in [0.2, 0.25) is 0 Å². The predicted molar refractivity (Wildman–Crippen MR) is 111 cm³/mol. The van der Waals surface area contributed by atoms with E-state index < -0.39 is 0 Å². The highest BCUT2D eigenvalue weighted by atomic mass is 16.5. The van der Waals surface area contributed by atoms with Gasteiger partial charge in [-0.05, 0) is 62.7 Å². The molecule has 0 saturated carbocycles. The molecule has 1 heterocycles. The SMILES string of the molecule is CCOc1cc(Nc2ccc(NC(=O)Nc3cccc(C)c3)cc2)nc(C)n1. The molecule has 0 bridgehead atoms. The van der Waals surface area contributed by atoms with Gasteiger partial charge in [0.15, 0.2) is 0 Å². The van der Waals surface area contributed by atoms with Gasteiger partial charge >= 0.3 is 6.03 Å². The molecule has 0 atom stereocenters. The van der Waals surface area contributed by atoms with Crippen molar-refractivity contribution in [2.24, 2.45) is 0 Å². The van der Waals surface area contributed by atoms with E-state index in [2.05, 4.69) is 25.9 Å². The smallest absolute Gasteiger partial charge is 0.323 e. The summed E-state index contributed by atoms with van der Waals surface area (Å²) in [6, 6.07) is 16.4. The Labute approximate surface area is 164 Å². The van der Waals surface area contributed by atoms with Crippen molar-refractivity contribution in [1.29, 1.82) is 0 Å². The number of carbonyl (C=O) groups is 1. The fraction of sp³-hybridized carbons (Fsp3) is 0.190. The molecule has 0 spiro atoms. The molecule has 0 saturated heterocycles. The summed E-state index contributed by atoms with van der Waals surface area (Å²) in [6.45, 7) is 6.24. The summed E-state index contributed by atoms with van der Waals surface area (Å²) in [5.74, 6) is 1.80. The van der Waals surface area contributed by atoms with Crippen LogP contribution < -0.4 is 20.7 Å². The molecule has 7 nitrogen and oxygen atoms in total.